The van der Waals surface area contributed by atoms with E-state index < -0.39 is 12.5 Å². The van der Waals surface area contributed by atoms with Gasteiger partial charge in [0.1, 0.15) is 11.1 Å². The van der Waals surface area contributed by atoms with Gasteiger partial charge in [-0.05, 0) is 12.0 Å². The molecule has 1 atom stereocenters. The van der Waals surface area contributed by atoms with Gasteiger partial charge in [-0.1, -0.05) is 31.2 Å². The maximum Gasteiger partial charge on any atom is 0.270 e. The molecule has 7 nitrogen and oxygen atoms in total. The summed E-state index contributed by atoms with van der Waals surface area (Å²) in [5.41, 5.74) is 0.868. The van der Waals surface area contributed by atoms with Crippen LogP contribution in [-0.2, 0) is 12.5 Å². The van der Waals surface area contributed by atoms with Gasteiger partial charge in [0.25, 0.3) is 11.5 Å². The number of aromatic amines is 1. The summed E-state index contributed by atoms with van der Waals surface area (Å²) in [6, 6.07) is 5.72. The molecule has 150 valence electrons. The average molecular weight is 391 g/mol. The zero-order valence-electron chi connectivity index (χ0n) is 16.2. The average Bonchev–Trinajstić information content (AvgIpc) is 3.01. The molecule has 3 aromatic rings. The molecule has 0 spiro atoms. The molecule has 0 fully saturated rings. The second-order valence-corrected chi connectivity index (χ2v) is 6.97. The summed E-state index contributed by atoms with van der Waals surface area (Å²) in [7, 11) is 3.50. The highest BCUT2D eigenvalue weighted by Gasteiger charge is 2.26. The van der Waals surface area contributed by atoms with E-state index in [1.165, 1.54) is 12.1 Å². The lowest BCUT2D eigenvalue weighted by Gasteiger charge is -2.19. The number of benzene rings is 1. The van der Waals surface area contributed by atoms with Crippen LogP contribution in [0.3, 0.4) is 0 Å². The number of alkyl halides is 2. The molecule has 2 N–H and O–H groups in total. The lowest BCUT2D eigenvalue weighted by molar-refractivity contribution is 0.0174. The van der Waals surface area contributed by atoms with Crippen molar-refractivity contribution in [2.45, 2.75) is 38.8 Å². The summed E-state index contributed by atoms with van der Waals surface area (Å²) in [5, 5.41) is 14.3. The van der Waals surface area contributed by atoms with Crippen LogP contribution in [0.15, 0.2) is 29.1 Å². The maximum atomic E-state index is 13.5. The van der Waals surface area contributed by atoms with E-state index in [0.717, 1.165) is 12.5 Å². The molecule has 0 bridgehead atoms. The van der Waals surface area contributed by atoms with Gasteiger partial charge < -0.3 is 10.0 Å². The molecule has 0 amide bonds. The Labute approximate surface area is 160 Å². The molecule has 0 aliphatic carbocycles. The SMILES string of the molecule is CC[C@H](c1ccc(C(C)(F)F)cc1)n1nc(CO)c2c(=O)[nH]c(N(C)C)nc21. The zero-order chi connectivity index (χ0) is 20.6. The first-order valence-electron chi connectivity index (χ1n) is 8.95. The van der Waals surface area contributed by atoms with Crippen LogP contribution in [0.25, 0.3) is 11.0 Å². The van der Waals surface area contributed by atoms with Gasteiger partial charge in [0.05, 0.1) is 12.6 Å². The number of fused-ring (bicyclic) bond motifs is 1. The van der Waals surface area contributed by atoms with E-state index in [1.54, 1.807) is 35.8 Å². The number of aromatic nitrogens is 4. The number of aliphatic hydroxyl groups excluding tert-OH is 1. The highest BCUT2D eigenvalue weighted by Crippen LogP contribution is 2.31. The Hall–Kier alpha value is -2.81. The summed E-state index contributed by atoms with van der Waals surface area (Å²) >= 11 is 0. The molecule has 3 rings (SSSR count). The van der Waals surface area contributed by atoms with Gasteiger partial charge in [-0.2, -0.15) is 10.1 Å². The van der Waals surface area contributed by atoms with Gasteiger partial charge >= 0.3 is 0 Å². The van der Waals surface area contributed by atoms with E-state index in [-0.39, 0.29) is 28.2 Å². The predicted octanol–water partition coefficient (Wildman–Crippen LogP) is 2.79. The molecule has 0 radical (unpaired) electrons. The summed E-state index contributed by atoms with van der Waals surface area (Å²) in [4.78, 5) is 21.4. The molecular formula is C19H23F2N5O2. The molecule has 2 heterocycles. The number of halogens is 2. The maximum absolute atomic E-state index is 13.5. The van der Waals surface area contributed by atoms with Crippen molar-refractivity contribution in [2.24, 2.45) is 0 Å². The summed E-state index contributed by atoms with van der Waals surface area (Å²) in [6.45, 7) is 2.37. The smallest absolute Gasteiger partial charge is 0.270 e. The predicted molar refractivity (Wildman–Crippen MR) is 103 cm³/mol. The van der Waals surface area contributed by atoms with Crippen molar-refractivity contribution in [3.8, 4) is 0 Å². The number of aliphatic hydroxyl groups is 1. The molecule has 0 unspecified atom stereocenters. The first-order valence-corrected chi connectivity index (χ1v) is 8.95. The van der Waals surface area contributed by atoms with Crippen LogP contribution in [0.5, 0.6) is 0 Å². The fraction of sp³-hybridized carbons (Fsp3) is 0.421. The van der Waals surface area contributed by atoms with Gasteiger partial charge in [-0.25, -0.2) is 13.5 Å². The van der Waals surface area contributed by atoms with Crippen LogP contribution < -0.4 is 10.5 Å². The van der Waals surface area contributed by atoms with Crippen LogP contribution in [0.2, 0.25) is 0 Å². The van der Waals surface area contributed by atoms with Gasteiger partial charge in [-0.3, -0.25) is 9.78 Å². The number of nitrogens with zero attached hydrogens (tertiary/aromatic N) is 4. The first-order chi connectivity index (χ1) is 13.2. The molecule has 0 aliphatic rings. The van der Waals surface area contributed by atoms with Crippen molar-refractivity contribution in [1.82, 2.24) is 19.7 Å². The largest absolute Gasteiger partial charge is 0.390 e. The molecule has 28 heavy (non-hydrogen) atoms. The van der Waals surface area contributed by atoms with Crippen LogP contribution in [-0.4, -0.2) is 39.0 Å². The third-order valence-corrected chi connectivity index (χ3v) is 4.68. The molecule has 0 aliphatic heterocycles. The topological polar surface area (TPSA) is 87.0 Å². The van der Waals surface area contributed by atoms with E-state index in [2.05, 4.69) is 15.1 Å². The molecular weight excluding hydrogens is 368 g/mol. The number of H-pyrrole nitrogens is 1. The minimum atomic E-state index is -2.92. The molecule has 9 heteroatoms. The van der Waals surface area contributed by atoms with Gasteiger partial charge in [0.15, 0.2) is 5.65 Å². The quantitative estimate of drug-likeness (QED) is 0.675. The van der Waals surface area contributed by atoms with E-state index in [1.807, 2.05) is 6.92 Å². The monoisotopic (exact) mass is 391 g/mol. The lowest BCUT2D eigenvalue weighted by atomic mass is 10.0. The van der Waals surface area contributed by atoms with Crippen molar-refractivity contribution >= 4 is 17.0 Å². The summed E-state index contributed by atoms with van der Waals surface area (Å²) in [5.74, 6) is -2.56. The second kappa shape index (κ2) is 7.31. The summed E-state index contributed by atoms with van der Waals surface area (Å²) in [6.07, 6.45) is 0.593. The van der Waals surface area contributed by atoms with Crippen molar-refractivity contribution in [3.05, 3.63) is 51.4 Å². The number of anilines is 1. The Kier molecular flexibility index (Phi) is 5.20. The van der Waals surface area contributed by atoms with E-state index in [9.17, 15) is 18.7 Å². The van der Waals surface area contributed by atoms with E-state index in [4.69, 9.17) is 0 Å². The first kappa shape index (κ1) is 19.9. The Morgan fingerprint density at radius 2 is 1.93 bits per heavy atom. The number of rotatable bonds is 6. The standard InChI is InChI=1S/C19H23F2N5O2/c1-5-14(11-6-8-12(9-7-11)19(2,20)21)26-16-15(13(10-27)24-26)17(28)23-18(22-16)25(3)4/h6-9,14,27H,5,10H2,1-4H3,(H,22,23,28)/t14-/m1/s1. The number of hydrogen-bond donors (Lipinski definition) is 2. The number of nitrogens with one attached hydrogen (secondary N) is 1. The fourth-order valence-electron chi connectivity index (χ4n) is 3.19. The molecule has 2 aromatic heterocycles. The summed E-state index contributed by atoms with van der Waals surface area (Å²) < 4.78 is 28.6. The number of hydrogen-bond acceptors (Lipinski definition) is 5. The van der Waals surface area contributed by atoms with E-state index in [0.29, 0.717) is 18.0 Å². The molecule has 0 saturated carbocycles. The Balaban J connectivity index is 2.18. The van der Waals surface area contributed by atoms with Crippen molar-refractivity contribution in [2.75, 3.05) is 19.0 Å². The van der Waals surface area contributed by atoms with Crippen molar-refractivity contribution in [1.29, 1.82) is 0 Å². The fourth-order valence-corrected chi connectivity index (χ4v) is 3.19. The van der Waals surface area contributed by atoms with Gasteiger partial charge in [0, 0.05) is 26.6 Å². The minimum absolute atomic E-state index is 0.0723. The van der Waals surface area contributed by atoms with Gasteiger partial charge in [0.2, 0.25) is 5.95 Å². The normalized spacial score (nSPS) is 13.1. The zero-order valence-corrected chi connectivity index (χ0v) is 16.2. The Bertz CT molecular complexity index is 1040. The van der Waals surface area contributed by atoms with Crippen molar-refractivity contribution < 1.29 is 13.9 Å². The lowest BCUT2D eigenvalue weighted by Crippen LogP contribution is -2.20. The Morgan fingerprint density at radius 3 is 2.43 bits per heavy atom. The van der Waals surface area contributed by atoms with Crippen LogP contribution in [0.1, 0.15) is 43.1 Å². The second-order valence-electron chi connectivity index (χ2n) is 6.97. The molecule has 0 saturated heterocycles. The van der Waals surface area contributed by atoms with E-state index >= 15 is 0 Å². The van der Waals surface area contributed by atoms with Crippen LogP contribution in [0, 0.1) is 0 Å². The minimum Gasteiger partial charge on any atom is -0.390 e. The third-order valence-electron chi connectivity index (χ3n) is 4.68. The van der Waals surface area contributed by atoms with Gasteiger partial charge in [-0.15, -0.1) is 0 Å². The highest BCUT2D eigenvalue weighted by molar-refractivity contribution is 5.78. The Morgan fingerprint density at radius 1 is 1.29 bits per heavy atom. The molecule has 1 aromatic carbocycles. The third kappa shape index (κ3) is 3.49. The van der Waals surface area contributed by atoms with Crippen LogP contribution >= 0.6 is 0 Å². The van der Waals surface area contributed by atoms with Crippen LogP contribution in [0.4, 0.5) is 14.7 Å². The highest BCUT2D eigenvalue weighted by atomic mass is 19.3. The van der Waals surface area contributed by atoms with Crippen molar-refractivity contribution in [3.63, 3.8) is 0 Å².